The smallest absolute Gasteiger partial charge is 0.410 e. The van der Waals surface area contributed by atoms with Crippen LogP contribution in [0.25, 0.3) is 0 Å². The van der Waals surface area contributed by atoms with E-state index < -0.39 is 27.4 Å². The predicted molar refractivity (Wildman–Crippen MR) is 88.1 cm³/mol. The molecule has 0 radical (unpaired) electrons. The zero-order valence-corrected chi connectivity index (χ0v) is 14.7. The SMILES string of the molecule is CC(C)(C)OC(=O)N1CCC[C@@H]([S@](=O)c2ccc([N+](=O)[O-])cn2)C1. The monoisotopic (exact) mass is 355 g/mol. The van der Waals surface area contributed by atoms with Crippen LogP contribution in [0.15, 0.2) is 23.4 Å². The Bertz CT molecular complexity index is 642. The molecule has 2 heterocycles. The van der Waals surface area contributed by atoms with Gasteiger partial charge in [0.2, 0.25) is 0 Å². The fraction of sp³-hybridized carbons (Fsp3) is 0.600. The van der Waals surface area contributed by atoms with Crippen LogP contribution in [0.5, 0.6) is 0 Å². The van der Waals surface area contributed by atoms with Crippen molar-refractivity contribution in [3.05, 3.63) is 28.4 Å². The molecule has 9 heteroatoms. The number of hydrogen-bond donors (Lipinski definition) is 0. The summed E-state index contributed by atoms with van der Waals surface area (Å²) in [4.78, 5) is 27.7. The Morgan fingerprint density at radius 3 is 2.71 bits per heavy atom. The molecule has 0 aromatic carbocycles. The molecule has 1 fully saturated rings. The molecule has 1 amide bonds. The topological polar surface area (TPSA) is 103 Å². The van der Waals surface area contributed by atoms with Crippen LogP contribution in [0.1, 0.15) is 33.6 Å². The van der Waals surface area contributed by atoms with E-state index in [-0.39, 0.29) is 16.0 Å². The van der Waals surface area contributed by atoms with Crippen LogP contribution in [-0.4, -0.2) is 49.0 Å². The highest BCUT2D eigenvalue weighted by molar-refractivity contribution is 7.85. The van der Waals surface area contributed by atoms with Crippen molar-refractivity contribution in [3.8, 4) is 0 Å². The minimum atomic E-state index is -1.43. The normalized spacial score (nSPS) is 19.6. The molecule has 1 aromatic rings. The highest BCUT2D eigenvalue weighted by atomic mass is 32.2. The summed E-state index contributed by atoms with van der Waals surface area (Å²) in [6, 6.07) is 2.69. The van der Waals surface area contributed by atoms with Crippen molar-refractivity contribution < 1.29 is 18.7 Å². The molecule has 0 spiro atoms. The highest BCUT2D eigenvalue weighted by Gasteiger charge is 2.31. The second kappa shape index (κ2) is 7.25. The molecule has 1 saturated heterocycles. The van der Waals surface area contributed by atoms with E-state index in [0.717, 1.165) is 12.6 Å². The number of rotatable bonds is 3. The third kappa shape index (κ3) is 4.73. The first-order chi connectivity index (χ1) is 11.2. The number of carbonyl (C=O) groups excluding carboxylic acids is 1. The van der Waals surface area contributed by atoms with Gasteiger partial charge in [0.25, 0.3) is 5.69 Å². The number of nitro groups is 1. The van der Waals surface area contributed by atoms with Gasteiger partial charge in [0.1, 0.15) is 16.8 Å². The number of ether oxygens (including phenoxy) is 1. The number of nitrogens with zero attached hydrogens (tertiary/aromatic N) is 3. The number of aromatic nitrogens is 1. The summed E-state index contributed by atoms with van der Waals surface area (Å²) < 4.78 is 18.0. The lowest BCUT2D eigenvalue weighted by Crippen LogP contribution is -2.45. The molecule has 0 aliphatic carbocycles. The average Bonchev–Trinajstić information content (AvgIpc) is 2.53. The lowest BCUT2D eigenvalue weighted by molar-refractivity contribution is -0.385. The summed E-state index contributed by atoms with van der Waals surface area (Å²) in [6.45, 7) is 6.28. The maximum Gasteiger partial charge on any atom is 0.410 e. The first-order valence-corrected chi connectivity index (χ1v) is 8.87. The Hall–Kier alpha value is -2.03. The number of carbonyl (C=O) groups is 1. The van der Waals surface area contributed by atoms with E-state index in [0.29, 0.717) is 19.5 Å². The number of pyridine rings is 1. The first-order valence-electron chi connectivity index (χ1n) is 7.66. The van der Waals surface area contributed by atoms with Crippen LogP contribution in [0, 0.1) is 10.1 Å². The van der Waals surface area contributed by atoms with Crippen LogP contribution in [0.3, 0.4) is 0 Å². The lowest BCUT2D eigenvalue weighted by Gasteiger charge is -2.33. The van der Waals surface area contributed by atoms with Crippen molar-refractivity contribution in [1.29, 1.82) is 0 Å². The van der Waals surface area contributed by atoms with Crippen LogP contribution in [0.4, 0.5) is 10.5 Å². The van der Waals surface area contributed by atoms with Gasteiger partial charge in [0, 0.05) is 19.2 Å². The third-order valence-corrected chi connectivity index (χ3v) is 5.11. The maximum absolute atomic E-state index is 12.6. The second-order valence-corrected chi connectivity index (χ2v) is 8.28. The summed E-state index contributed by atoms with van der Waals surface area (Å²) in [5.74, 6) is 0. The number of hydrogen-bond acceptors (Lipinski definition) is 6. The molecule has 1 aliphatic rings. The van der Waals surface area contributed by atoms with Crippen molar-refractivity contribution in [3.63, 3.8) is 0 Å². The molecule has 0 bridgehead atoms. The van der Waals surface area contributed by atoms with E-state index in [1.54, 1.807) is 25.7 Å². The first kappa shape index (κ1) is 18.3. The number of amides is 1. The van der Waals surface area contributed by atoms with Crippen molar-refractivity contribution in [1.82, 2.24) is 9.88 Å². The summed E-state index contributed by atoms with van der Waals surface area (Å²) in [5, 5.41) is 10.7. The highest BCUT2D eigenvalue weighted by Crippen LogP contribution is 2.22. The summed E-state index contributed by atoms with van der Waals surface area (Å²) in [5.41, 5.74) is -0.724. The minimum absolute atomic E-state index is 0.144. The Balaban J connectivity index is 2.04. The van der Waals surface area contributed by atoms with Gasteiger partial charge in [-0.15, -0.1) is 0 Å². The van der Waals surface area contributed by atoms with Gasteiger partial charge in [0.05, 0.1) is 21.0 Å². The molecule has 0 saturated carbocycles. The van der Waals surface area contributed by atoms with Gasteiger partial charge in [-0.3, -0.25) is 14.3 Å². The molecule has 0 unspecified atom stereocenters. The van der Waals surface area contributed by atoms with Gasteiger partial charge >= 0.3 is 6.09 Å². The summed E-state index contributed by atoms with van der Waals surface area (Å²) >= 11 is 0. The zero-order valence-electron chi connectivity index (χ0n) is 13.9. The van der Waals surface area contributed by atoms with Crippen molar-refractivity contribution >= 4 is 22.6 Å². The second-order valence-electron chi connectivity index (χ2n) is 6.60. The van der Waals surface area contributed by atoms with Crippen molar-refractivity contribution in [2.75, 3.05) is 13.1 Å². The Labute approximate surface area is 142 Å². The molecule has 24 heavy (non-hydrogen) atoms. The van der Waals surface area contributed by atoms with Crippen molar-refractivity contribution in [2.24, 2.45) is 0 Å². The quantitative estimate of drug-likeness (QED) is 0.609. The standard InChI is InChI=1S/C15H21N3O5S/c1-15(2,3)23-14(19)17-8-4-5-12(10-17)24(22)13-7-6-11(9-16-13)18(20)21/h6-7,9,12H,4-5,8,10H2,1-3H3/t12-,24+/m1/s1. The van der Waals surface area contributed by atoms with Crippen molar-refractivity contribution in [2.45, 2.75) is 49.5 Å². The van der Waals surface area contributed by atoms with E-state index in [1.165, 1.54) is 12.1 Å². The maximum atomic E-state index is 12.6. The molecular weight excluding hydrogens is 334 g/mol. The zero-order chi connectivity index (χ0) is 17.9. The van der Waals surface area contributed by atoms with Crippen LogP contribution in [-0.2, 0) is 15.5 Å². The molecular formula is C15H21N3O5S. The molecule has 8 nitrogen and oxygen atoms in total. The van der Waals surface area contributed by atoms with Gasteiger partial charge in [-0.1, -0.05) is 0 Å². The molecule has 2 rings (SSSR count). The lowest BCUT2D eigenvalue weighted by atomic mass is 10.1. The van der Waals surface area contributed by atoms with E-state index in [4.69, 9.17) is 4.74 Å². The van der Waals surface area contributed by atoms with E-state index >= 15 is 0 Å². The fourth-order valence-corrected chi connectivity index (χ4v) is 3.77. The summed E-state index contributed by atoms with van der Waals surface area (Å²) in [6.07, 6.45) is 2.11. The Morgan fingerprint density at radius 1 is 1.46 bits per heavy atom. The molecule has 132 valence electrons. The van der Waals surface area contributed by atoms with Gasteiger partial charge in [-0.25, -0.2) is 9.78 Å². The van der Waals surface area contributed by atoms with E-state index in [1.807, 2.05) is 0 Å². The van der Waals surface area contributed by atoms with Gasteiger partial charge in [0.15, 0.2) is 0 Å². The van der Waals surface area contributed by atoms with E-state index in [2.05, 4.69) is 4.98 Å². The molecule has 1 aromatic heterocycles. The number of likely N-dealkylation sites (tertiary alicyclic amines) is 1. The van der Waals surface area contributed by atoms with Crippen LogP contribution in [0.2, 0.25) is 0 Å². The van der Waals surface area contributed by atoms with Crippen LogP contribution < -0.4 is 0 Å². The van der Waals surface area contributed by atoms with Gasteiger partial charge in [-0.2, -0.15) is 0 Å². The average molecular weight is 355 g/mol. The van der Waals surface area contributed by atoms with Gasteiger partial charge in [-0.05, 0) is 39.7 Å². The third-order valence-electron chi connectivity index (χ3n) is 3.47. The minimum Gasteiger partial charge on any atom is -0.444 e. The molecule has 2 atom stereocenters. The predicted octanol–water partition coefficient (Wildman–Crippen LogP) is 2.50. The number of piperidine rings is 1. The molecule has 0 N–H and O–H groups in total. The van der Waals surface area contributed by atoms with E-state index in [9.17, 15) is 19.1 Å². The Kier molecular flexibility index (Phi) is 5.53. The molecule has 1 aliphatic heterocycles. The largest absolute Gasteiger partial charge is 0.444 e. The van der Waals surface area contributed by atoms with Crippen LogP contribution >= 0.6 is 0 Å². The fourth-order valence-electron chi connectivity index (χ4n) is 2.38. The van der Waals surface area contributed by atoms with Gasteiger partial charge < -0.3 is 9.64 Å². The Morgan fingerprint density at radius 2 is 2.17 bits per heavy atom. The summed E-state index contributed by atoms with van der Waals surface area (Å²) in [7, 11) is -1.43.